The van der Waals surface area contributed by atoms with E-state index in [2.05, 4.69) is 4.90 Å². The second-order valence-electron chi connectivity index (χ2n) is 3.21. The Morgan fingerprint density at radius 2 is 2.40 bits per heavy atom. The molecule has 2 fully saturated rings. The summed E-state index contributed by atoms with van der Waals surface area (Å²) in [6, 6.07) is 0.620. The van der Waals surface area contributed by atoms with E-state index in [1.807, 2.05) is 0 Å². The summed E-state index contributed by atoms with van der Waals surface area (Å²) >= 11 is 0. The van der Waals surface area contributed by atoms with Gasteiger partial charge in [0.1, 0.15) is 0 Å². The van der Waals surface area contributed by atoms with E-state index in [0.29, 0.717) is 6.04 Å². The zero-order valence-electron chi connectivity index (χ0n) is 5.79. The van der Waals surface area contributed by atoms with E-state index in [9.17, 15) is 4.79 Å². The standard InChI is InChI=1S/C7H11NO2/c9-7(10)5-1-2-8-4-6(8)3-5/h5-6H,1-4H2,(H,9,10). The van der Waals surface area contributed by atoms with Crippen LogP contribution < -0.4 is 0 Å². The molecule has 0 aromatic carbocycles. The lowest BCUT2D eigenvalue weighted by Gasteiger charge is -2.17. The van der Waals surface area contributed by atoms with Crippen molar-refractivity contribution in [3.63, 3.8) is 0 Å². The van der Waals surface area contributed by atoms with Gasteiger partial charge in [-0.15, -0.1) is 0 Å². The van der Waals surface area contributed by atoms with Crippen LogP contribution in [0.15, 0.2) is 0 Å². The van der Waals surface area contributed by atoms with Gasteiger partial charge in [0.05, 0.1) is 5.92 Å². The largest absolute Gasteiger partial charge is 0.481 e. The fourth-order valence-electron chi connectivity index (χ4n) is 1.71. The average Bonchev–Trinajstić information content (AvgIpc) is 2.63. The maximum absolute atomic E-state index is 10.5. The number of hydrogen-bond acceptors (Lipinski definition) is 2. The SMILES string of the molecule is O=C(O)C1CCN2CC2C1. The first-order chi connectivity index (χ1) is 4.77. The highest BCUT2D eigenvalue weighted by Crippen LogP contribution is 2.32. The van der Waals surface area contributed by atoms with Gasteiger partial charge in [0.25, 0.3) is 0 Å². The van der Waals surface area contributed by atoms with Crippen LogP contribution in [0.2, 0.25) is 0 Å². The molecule has 0 bridgehead atoms. The first kappa shape index (κ1) is 6.16. The molecule has 3 unspecified atom stereocenters. The van der Waals surface area contributed by atoms with E-state index in [-0.39, 0.29) is 5.92 Å². The molecule has 56 valence electrons. The summed E-state index contributed by atoms with van der Waals surface area (Å²) in [5.74, 6) is -0.657. The maximum atomic E-state index is 10.5. The summed E-state index contributed by atoms with van der Waals surface area (Å²) in [4.78, 5) is 12.8. The third-order valence-corrected chi connectivity index (χ3v) is 2.50. The van der Waals surface area contributed by atoms with Crippen molar-refractivity contribution in [2.75, 3.05) is 13.1 Å². The molecule has 10 heavy (non-hydrogen) atoms. The highest BCUT2D eigenvalue weighted by Gasteiger charge is 2.41. The van der Waals surface area contributed by atoms with Gasteiger partial charge in [-0.2, -0.15) is 0 Å². The third kappa shape index (κ3) is 0.904. The molecule has 3 nitrogen and oxygen atoms in total. The van der Waals surface area contributed by atoms with Gasteiger partial charge in [-0.1, -0.05) is 0 Å². The van der Waals surface area contributed by atoms with E-state index in [1.165, 1.54) is 0 Å². The predicted octanol–water partition coefficient (Wildman–Crippen LogP) is 0.165. The van der Waals surface area contributed by atoms with Crippen LogP contribution in [-0.4, -0.2) is 35.1 Å². The molecular formula is C7H11NO2. The van der Waals surface area contributed by atoms with E-state index in [1.54, 1.807) is 0 Å². The molecule has 2 aliphatic heterocycles. The van der Waals surface area contributed by atoms with Gasteiger partial charge in [-0.25, -0.2) is 0 Å². The van der Waals surface area contributed by atoms with Crippen molar-refractivity contribution in [2.24, 2.45) is 5.92 Å². The van der Waals surface area contributed by atoms with Gasteiger partial charge >= 0.3 is 5.97 Å². The molecule has 0 spiro atoms. The molecule has 3 heteroatoms. The molecule has 0 saturated carbocycles. The molecule has 0 aromatic heterocycles. The van der Waals surface area contributed by atoms with Crippen LogP contribution in [0.25, 0.3) is 0 Å². The topological polar surface area (TPSA) is 40.3 Å². The van der Waals surface area contributed by atoms with Gasteiger partial charge in [0.2, 0.25) is 0 Å². The van der Waals surface area contributed by atoms with Gasteiger partial charge in [-0.05, 0) is 19.4 Å². The van der Waals surface area contributed by atoms with Crippen molar-refractivity contribution < 1.29 is 9.90 Å². The summed E-state index contributed by atoms with van der Waals surface area (Å²) in [5, 5.41) is 8.66. The van der Waals surface area contributed by atoms with Crippen LogP contribution in [0.1, 0.15) is 12.8 Å². The molecule has 2 saturated heterocycles. The first-order valence-electron chi connectivity index (χ1n) is 3.74. The Morgan fingerprint density at radius 3 is 3.00 bits per heavy atom. The Bertz CT molecular complexity index is 169. The molecule has 0 radical (unpaired) electrons. The van der Waals surface area contributed by atoms with Crippen LogP contribution in [0, 0.1) is 5.92 Å². The Balaban J connectivity index is 1.94. The number of aliphatic carboxylic acids is 1. The van der Waals surface area contributed by atoms with Crippen molar-refractivity contribution in [3.8, 4) is 0 Å². The molecule has 2 aliphatic rings. The minimum atomic E-state index is -0.605. The minimum absolute atomic E-state index is 0.0521. The van der Waals surface area contributed by atoms with Crippen molar-refractivity contribution in [2.45, 2.75) is 18.9 Å². The average molecular weight is 141 g/mol. The van der Waals surface area contributed by atoms with Crippen molar-refractivity contribution in [3.05, 3.63) is 0 Å². The predicted molar refractivity (Wildman–Crippen MR) is 35.7 cm³/mol. The van der Waals surface area contributed by atoms with Crippen LogP contribution in [0.4, 0.5) is 0 Å². The summed E-state index contributed by atoms with van der Waals surface area (Å²) < 4.78 is 0. The Labute approximate surface area is 59.6 Å². The highest BCUT2D eigenvalue weighted by molar-refractivity contribution is 5.70. The molecule has 2 heterocycles. The number of carboxylic acids is 1. The van der Waals surface area contributed by atoms with Crippen LogP contribution in [-0.2, 0) is 4.79 Å². The lowest BCUT2D eigenvalue weighted by Crippen LogP contribution is -2.25. The number of carbonyl (C=O) groups is 1. The van der Waals surface area contributed by atoms with Crippen LogP contribution in [0.5, 0.6) is 0 Å². The van der Waals surface area contributed by atoms with E-state index < -0.39 is 5.97 Å². The van der Waals surface area contributed by atoms with Gasteiger partial charge in [0, 0.05) is 12.6 Å². The number of carboxylic acid groups (broad SMARTS) is 1. The third-order valence-electron chi connectivity index (χ3n) is 2.50. The number of nitrogens with zero attached hydrogens (tertiary/aromatic N) is 1. The van der Waals surface area contributed by atoms with Crippen molar-refractivity contribution in [1.29, 1.82) is 0 Å². The number of rotatable bonds is 1. The fourth-order valence-corrected chi connectivity index (χ4v) is 1.71. The lowest BCUT2D eigenvalue weighted by atomic mass is 9.97. The number of fused-ring (bicyclic) bond motifs is 1. The molecular weight excluding hydrogens is 130 g/mol. The van der Waals surface area contributed by atoms with Crippen molar-refractivity contribution in [1.82, 2.24) is 4.90 Å². The van der Waals surface area contributed by atoms with Crippen molar-refractivity contribution >= 4 is 5.97 Å². The molecule has 1 N–H and O–H groups in total. The lowest BCUT2D eigenvalue weighted by molar-refractivity contribution is -0.142. The Kier molecular flexibility index (Phi) is 1.20. The molecule has 0 aliphatic carbocycles. The number of hydrogen-bond donors (Lipinski definition) is 1. The van der Waals surface area contributed by atoms with E-state index in [0.717, 1.165) is 25.9 Å². The fraction of sp³-hybridized carbons (Fsp3) is 0.857. The highest BCUT2D eigenvalue weighted by atomic mass is 16.4. The summed E-state index contributed by atoms with van der Waals surface area (Å²) in [5.41, 5.74) is 0. The van der Waals surface area contributed by atoms with Gasteiger partial charge in [-0.3, -0.25) is 9.69 Å². The van der Waals surface area contributed by atoms with Gasteiger partial charge in [0.15, 0.2) is 0 Å². The minimum Gasteiger partial charge on any atom is -0.481 e. The number of piperidine rings is 1. The Morgan fingerprint density at radius 1 is 1.60 bits per heavy atom. The van der Waals surface area contributed by atoms with E-state index in [4.69, 9.17) is 5.11 Å². The van der Waals surface area contributed by atoms with Gasteiger partial charge < -0.3 is 5.11 Å². The Hall–Kier alpha value is -0.570. The first-order valence-corrected chi connectivity index (χ1v) is 3.74. The summed E-state index contributed by atoms with van der Waals surface area (Å²) in [7, 11) is 0. The molecule has 0 amide bonds. The van der Waals surface area contributed by atoms with E-state index >= 15 is 0 Å². The molecule has 3 atom stereocenters. The maximum Gasteiger partial charge on any atom is 0.306 e. The second kappa shape index (κ2) is 1.95. The molecule has 0 aromatic rings. The second-order valence-corrected chi connectivity index (χ2v) is 3.21. The summed E-state index contributed by atoms with van der Waals surface area (Å²) in [6.07, 6.45) is 1.74. The smallest absolute Gasteiger partial charge is 0.306 e. The zero-order chi connectivity index (χ0) is 7.14. The van der Waals surface area contributed by atoms with Crippen LogP contribution in [0.3, 0.4) is 0 Å². The quantitative estimate of drug-likeness (QED) is 0.529. The zero-order valence-corrected chi connectivity index (χ0v) is 5.79. The summed E-state index contributed by atoms with van der Waals surface area (Å²) in [6.45, 7) is 2.14. The normalized spacial score (nSPS) is 44.2. The molecule has 2 rings (SSSR count). The monoisotopic (exact) mass is 141 g/mol. The van der Waals surface area contributed by atoms with Crippen LogP contribution >= 0.6 is 0 Å².